The molecule has 5 rings (SSSR count). The molecule has 3 aliphatic heterocycles. The first-order chi connectivity index (χ1) is 17.7. The number of hydrogen-bond donors (Lipinski definition) is 3. The average molecular weight is 528 g/mol. The van der Waals surface area contributed by atoms with Gasteiger partial charge in [0, 0.05) is 16.5 Å². The van der Waals surface area contributed by atoms with Crippen molar-refractivity contribution in [3.05, 3.63) is 30.3 Å². The fraction of sp³-hybridized carbons (Fsp3) is 0.690. The van der Waals surface area contributed by atoms with Gasteiger partial charge in [0.25, 0.3) is 0 Å². The molecule has 3 saturated heterocycles. The number of likely N-dealkylation sites (tertiary alicyclic amines) is 1. The predicted molar refractivity (Wildman–Crippen MR) is 146 cm³/mol. The average Bonchev–Trinajstić information content (AvgIpc) is 3.44. The van der Waals surface area contributed by atoms with E-state index in [-0.39, 0.29) is 36.3 Å². The van der Waals surface area contributed by atoms with Crippen LogP contribution in [0.5, 0.6) is 0 Å². The number of hydrogen-bond acceptors (Lipinski definition) is 5. The maximum absolute atomic E-state index is 14.3. The summed E-state index contributed by atoms with van der Waals surface area (Å²) in [6.45, 7) is 6.03. The van der Waals surface area contributed by atoms with E-state index in [0.717, 1.165) is 38.5 Å². The van der Waals surface area contributed by atoms with Crippen molar-refractivity contribution in [3.8, 4) is 0 Å². The first kappa shape index (κ1) is 26.5. The lowest BCUT2D eigenvalue weighted by molar-refractivity contribution is -0.143. The predicted octanol–water partition coefficient (Wildman–Crippen LogP) is 3.96. The minimum absolute atomic E-state index is 0.106. The van der Waals surface area contributed by atoms with Crippen LogP contribution in [0, 0.1) is 17.8 Å². The van der Waals surface area contributed by atoms with Crippen LogP contribution in [0.1, 0.15) is 72.1 Å². The Labute approximate surface area is 224 Å². The molecule has 37 heavy (non-hydrogen) atoms. The number of nitrogens with zero attached hydrogens (tertiary/aromatic N) is 1. The number of aliphatic hydroxyl groups is 1. The van der Waals surface area contributed by atoms with Gasteiger partial charge in [-0.2, -0.15) is 0 Å². The van der Waals surface area contributed by atoms with Crippen LogP contribution >= 0.6 is 11.8 Å². The van der Waals surface area contributed by atoms with E-state index < -0.39 is 33.4 Å². The van der Waals surface area contributed by atoms with Gasteiger partial charge in [-0.3, -0.25) is 14.4 Å². The topological polar surface area (TPSA) is 98.7 Å². The molecule has 1 aromatic rings. The number of benzene rings is 1. The van der Waals surface area contributed by atoms with Gasteiger partial charge in [0.15, 0.2) is 0 Å². The third-order valence-corrected chi connectivity index (χ3v) is 11.1. The fourth-order valence-corrected chi connectivity index (χ4v) is 9.89. The third-order valence-electron chi connectivity index (χ3n) is 9.09. The second-order valence-electron chi connectivity index (χ2n) is 12.1. The van der Waals surface area contributed by atoms with E-state index in [1.165, 1.54) is 6.42 Å². The van der Waals surface area contributed by atoms with E-state index in [2.05, 4.69) is 31.4 Å². The van der Waals surface area contributed by atoms with E-state index in [9.17, 15) is 19.5 Å². The summed E-state index contributed by atoms with van der Waals surface area (Å²) in [6, 6.07) is 8.36. The zero-order valence-electron chi connectivity index (χ0n) is 22.2. The lowest BCUT2D eigenvalue weighted by Gasteiger charge is -2.38. The lowest BCUT2D eigenvalue weighted by atomic mass is 9.66. The fourth-order valence-electron chi connectivity index (χ4n) is 7.55. The summed E-state index contributed by atoms with van der Waals surface area (Å²) < 4.78 is -1.07. The Morgan fingerprint density at radius 1 is 1.11 bits per heavy atom. The Morgan fingerprint density at radius 3 is 2.46 bits per heavy atom. The number of thioether (sulfide) groups is 1. The molecule has 8 heteroatoms. The molecule has 2 unspecified atom stereocenters. The highest BCUT2D eigenvalue weighted by molar-refractivity contribution is 8.02. The molecule has 4 aliphatic rings. The molecule has 2 bridgehead atoms. The molecule has 3 amide bonds. The van der Waals surface area contributed by atoms with Crippen molar-refractivity contribution in [3.63, 3.8) is 0 Å². The second-order valence-corrected chi connectivity index (χ2v) is 14.0. The quantitative estimate of drug-likeness (QED) is 0.475. The van der Waals surface area contributed by atoms with Crippen LogP contribution in [0.25, 0.3) is 0 Å². The van der Waals surface area contributed by atoms with Crippen molar-refractivity contribution in [2.45, 2.75) is 99.8 Å². The maximum Gasteiger partial charge on any atom is 0.244 e. The maximum atomic E-state index is 14.3. The van der Waals surface area contributed by atoms with Crippen molar-refractivity contribution in [1.82, 2.24) is 10.2 Å². The summed E-state index contributed by atoms with van der Waals surface area (Å²) in [4.78, 5) is 43.8. The largest absolute Gasteiger partial charge is 0.394 e. The summed E-state index contributed by atoms with van der Waals surface area (Å²) in [6.07, 6.45) is 7.44. The van der Waals surface area contributed by atoms with Crippen LogP contribution < -0.4 is 10.6 Å². The lowest BCUT2D eigenvalue weighted by Crippen LogP contribution is -2.58. The summed E-state index contributed by atoms with van der Waals surface area (Å²) >= 11 is 1.69. The van der Waals surface area contributed by atoms with E-state index in [4.69, 9.17) is 0 Å². The molecule has 7 nitrogen and oxygen atoms in total. The molecule has 1 aliphatic carbocycles. The van der Waals surface area contributed by atoms with Crippen LogP contribution in [0.4, 0.5) is 5.69 Å². The zero-order valence-corrected chi connectivity index (χ0v) is 23.1. The number of anilines is 1. The molecule has 1 aromatic carbocycles. The van der Waals surface area contributed by atoms with Gasteiger partial charge in [-0.25, -0.2) is 0 Å². The Morgan fingerprint density at radius 2 is 1.81 bits per heavy atom. The molecule has 3 heterocycles. The van der Waals surface area contributed by atoms with Gasteiger partial charge in [0.1, 0.15) is 6.04 Å². The van der Waals surface area contributed by atoms with Crippen LogP contribution in [0.3, 0.4) is 0 Å². The van der Waals surface area contributed by atoms with Gasteiger partial charge in [0.05, 0.1) is 29.2 Å². The van der Waals surface area contributed by atoms with Crippen molar-refractivity contribution < 1.29 is 19.5 Å². The SMILES string of the molecule is CC(C)C[C@H](CO)N1C(=O)[C@@H]2[C@H](C(=O)Nc3ccccc3)[C@]3(C)CCC2(S3)C1C(=O)NC1CCCCC1. The van der Waals surface area contributed by atoms with E-state index >= 15 is 0 Å². The van der Waals surface area contributed by atoms with Crippen LogP contribution in [0.15, 0.2) is 30.3 Å². The standard InChI is InChI=1S/C29H41N3O4S/c1-18(2)16-21(17-33)32-24(26(35)31-20-12-8-5-9-13-20)29-15-14-28(3,37-29)22(23(29)27(32)36)25(34)30-19-10-6-4-7-11-19/h4,6-7,10-11,18,20-24,33H,5,8-9,12-17H2,1-3H3,(H,30,34)(H,31,35)/t21-,22-,23+,24?,28+,29?/m1/s1. The number of rotatable bonds is 8. The Bertz CT molecular complexity index is 1030. The number of carbonyl (C=O) groups excluding carboxylic acids is 3. The van der Waals surface area contributed by atoms with Gasteiger partial charge in [-0.05, 0) is 57.1 Å². The molecule has 4 fully saturated rings. The normalized spacial score (nSPS) is 34.0. The Hall–Kier alpha value is -2.06. The smallest absolute Gasteiger partial charge is 0.244 e. The molecular formula is C29H41N3O4S. The molecule has 3 N–H and O–H groups in total. The van der Waals surface area contributed by atoms with Crippen LogP contribution in [0.2, 0.25) is 0 Å². The van der Waals surface area contributed by atoms with Crippen LogP contribution in [-0.2, 0) is 14.4 Å². The molecule has 0 aromatic heterocycles. The number of carbonyl (C=O) groups is 3. The van der Waals surface area contributed by atoms with E-state index in [0.29, 0.717) is 12.1 Å². The third kappa shape index (κ3) is 4.58. The minimum atomic E-state index is -0.677. The number of para-hydroxylation sites is 1. The number of aliphatic hydroxyl groups excluding tert-OH is 1. The highest BCUT2D eigenvalue weighted by atomic mass is 32.2. The van der Waals surface area contributed by atoms with Crippen LogP contribution in [-0.4, -0.2) is 62.0 Å². The first-order valence-corrected chi connectivity index (χ1v) is 14.8. The van der Waals surface area contributed by atoms with E-state index in [1.54, 1.807) is 16.7 Å². The van der Waals surface area contributed by atoms with Gasteiger partial charge < -0.3 is 20.6 Å². The van der Waals surface area contributed by atoms with Gasteiger partial charge in [-0.1, -0.05) is 51.3 Å². The molecule has 1 saturated carbocycles. The first-order valence-electron chi connectivity index (χ1n) is 14.0. The van der Waals surface area contributed by atoms with Crippen molar-refractivity contribution in [2.75, 3.05) is 11.9 Å². The highest BCUT2D eigenvalue weighted by Crippen LogP contribution is 2.71. The zero-order chi connectivity index (χ0) is 26.4. The number of nitrogens with one attached hydrogen (secondary N) is 2. The second kappa shape index (κ2) is 10.3. The minimum Gasteiger partial charge on any atom is -0.394 e. The number of fused-ring (bicyclic) bond motifs is 1. The van der Waals surface area contributed by atoms with Gasteiger partial charge >= 0.3 is 0 Å². The van der Waals surface area contributed by atoms with Crippen molar-refractivity contribution in [1.29, 1.82) is 0 Å². The summed E-state index contributed by atoms with van der Waals surface area (Å²) in [7, 11) is 0. The van der Waals surface area contributed by atoms with Crippen molar-refractivity contribution in [2.24, 2.45) is 17.8 Å². The monoisotopic (exact) mass is 527 g/mol. The molecule has 6 atom stereocenters. The Kier molecular flexibility index (Phi) is 7.35. The van der Waals surface area contributed by atoms with Crippen molar-refractivity contribution >= 4 is 35.2 Å². The Balaban J connectivity index is 1.51. The molecule has 202 valence electrons. The molecule has 1 spiro atoms. The van der Waals surface area contributed by atoms with Gasteiger partial charge in [0.2, 0.25) is 17.7 Å². The van der Waals surface area contributed by atoms with E-state index in [1.807, 2.05) is 30.3 Å². The molecular weight excluding hydrogens is 486 g/mol. The summed E-state index contributed by atoms with van der Waals surface area (Å²) in [5.41, 5.74) is 0.708. The summed E-state index contributed by atoms with van der Waals surface area (Å²) in [5, 5.41) is 16.8. The molecule has 0 radical (unpaired) electrons. The van der Waals surface area contributed by atoms with Gasteiger partial charge in [-0.15, -0.1) is 11.8 Å². The summed E-state index contributed by atoms with van der Waals surface area (Å²) in [5.74, 6) is -1.27. The highest BCUT2D eigenvalue weighted by Gasteiger charge is 2.77. The number of amides is 3.